The molecule has 0 spiro atoms. The van der Waals surface area contributed by atoms with Gasteiger partial charge in [-0.15, -0.1) is 0 Å². The molecule has 0 radical (unpaired) electrons. The quantitative estimate of drug-likeness (QED) is 0.759. The topological polar surface area (TPSA) is 27.7 Å². The van der Waals surface area contributed by atoms with Crippen molar-refractivity contribution in [2.45, 2.75) is 44.8 Å². The van der Waals surface area contributed by atoms with Crippen molar-refractivity contribution in [3.05, 3.63) is 0 Å². The van der Waals surface area contributed by atoms with E-state index in [0.29, 0.717) is 12.1 Å². The third-order valence-electron chi connectivity index (χ3n) is 4.44. The molecular formula is C14H29N3O. The highest BCUT2D eigenvalue weighted by atomic mass is 16.5. The zero-order valence-electron chi connectivity index (χ0n) is 12.2. The number of piperazine rings is 1. The highest BCUT2D eigenvalue weighted by Gasteiger charge is 2.36. The summed E-state index contributed by atoms with van der Waals surface area (Å²) in [4.78, 5) is 5.34. The van der Waals surface area contributed by atoms with Gasteiger partial charge in [-0.3, -0.25) is 9.80 Å². The second-order valence-electron chi connectivity index (χ2n) is 5.75. The van der Waals surface area contributed by atoms with Crippen molar-refractivity contribution < 1.29 is 4.74 Å². The normalized spacial score (nSPS) is 31.5. The standard InChI is InChI=1S/C14H29N3O/c1-4-15-8-14(11-18-3)17-10-13-6-5-7-16(13)9-12(17)2/h12-15H,4-11H2,1-3H3. The van der Waals surface area contributed by atoms with Gasteiger partial charge in [0.2, 0.25) is 0 Å². The Morgan fingerprint density at radius 1 is 1.39 bits per heavy atom. The molecule has 0 aliphatic carbocycles. The number of methoxy groups -OCH3 is 1. The number of nitrogens with one attached hydrogen (secondary N) is 1. The highest BCUT2D eigenvalue weighted by Crippen LogP contribution is 2.25. The number of likely N-dealkylation sites (N-methyl/N-ethyl adjacent to an activating group) is 1. The molecule has 3 unspecified atom stereocenters. The molecule has 2 aliphatic rings. The Bertz CT molecular complexity index is 249. The largest absolute Gasteiger partial charge is 0.383 e. The number of nitrogens with zero attached hydrogens (tertiary/aromatic N) is 2. The zero-order valence-corrected chi connectivity index (χ0v) is 12.2. The van der Waals surface area contributed by atoms with E-state index in [-0.39, 0.29) is 0 Å². The number of fused-ring (bicyclic) bond motifs is 1. The minimum atomic E-state index is 0.521. The van der Waals surface area contributed by atoms with Gasteiger partial charge >= 0.3 is 0 Å². The molecule has 2 saturated heterocycles. The lowest BCUT2D eigenvalue weighted by atomic mass is 10.0. The SMILES string of the molecule is CCNCC(COC)N1CC2CCCN2CC1C. The Balaban J connectivity index is 1.94. The van der Waals surface area contributed by atoms with Crippen LogP contribution in [0.1, 0.15) is 26.7 Å². The van der Waals surface area contributed by atoms with Crippen molar-refractivity contribution >= 4 is 0 Å². The fraction of sp³-hybridized carbons (Fsp3) is 1.00. The van der Waals surface area contributed by atoms with Gasteiger partial charge < -0.3 is 10.1 Å². The van der Waals surface area contributed by atoms with Gasteiger partial charge in [-0.25, -0.2) is 0 Å². The van der Waals surface area contributed by atoms with E-state index in [1.807, 2.05) is 7.11 Å². The fourth-order valence-electron chi connectivity index (χ4n) is 3.49. The van der Waals surface area contributed by atoms with Crippen LogP contribution < -0.4 is 5.32 Å². The summed E-state index contributed by atoms with van der Waals surface area (Å²) < 4.78 is 5.42. The van der Waals surface area contributed by atoms with Gasteiger partial charge in [-0.1, -0.05) is 6.92 Å². The van der Waals surface area contributed by atoms with Crippen LogP contribution in [0.25, 0.3) is 0 Å². The molecule has 1 N–H and O–H groups in total. The fourth-order valence-corrected chi connectivity index (χ4v) is 3.49. The molecule has 4 nitrogen and oxygen atoms in total. The van der Waals surface area contributed by atoms with Crippen LogP contribution in [0.15, 0.2) is 0 Å². The molecule has 0 aromatic heterocycles. The van der Waals surface area contributed by atoms with Gasteiger partial charge in [-0.05, 0) is 32.9 Å². The Morgan fingerprint density at radius 3 is 2.94 bits per heavy atom. The molecular weight excluding hydrogens is 226 g/mol. The Morgan fingerprint density at radius 2 is 2.22 bits per heavy atom. The van der Waals surface area contributed by atoms with Gasteiger partial charge in [-0.2, -0.15) is 0 Å². The maximum Gasteiger partial charge on any atom is 0.0630 e. The first-order chi connectivity index (χ1) is 8.76. The third kappa shape index (κ3) is 3.23. The predicted molar refractivity (Wildman–Crippen MR) is 75.0 cm³/mol. The third-order valence-corrected chi connectivity index (χ3v) is 4.44. The molecule has 0 amide bonds. The lowest BCUT2D eigenvalue weighted by molar-refractivity contribution is 0.000632. The number of ether oxygens (including phenoxy) is 1. The summed E-state index contributed by atoms with van der Waals surface area (Å²) >= 11 is 0. The molecule has 106 valence electrons. The van der Waals surface area contributed by atoms with Crippen LogP contribution in [-0.2, 0) is 4.74 Å². The molecule has 3 atom stereocenters. The first kappa shape index (κ1) is 14.3. The molecule has 0 bridgehead atoms. The Kier molecular flexibility index (Phi) is 5.42. The van der Waals surface area contributed by atoms with E-state index in [0.717, 1.165) is 25.7 Å². The summed E-state index contributed by atoms with van der Waals surface area (Å²) in [6.07, 6.45) is 2.76. The van der Waals surface area contributed by atoms with E-state index in [4.69, 9.17) is 4.74 Å². The molecule has 4 heteroatoms. The summed E-state index contributed by atoms with van der Waals surface area (Å²) in [6, 6.07) is 1.97. The van der Waals surface area contributed by atoms with Crippen molar-refractivity contribution in [3.63, 3.8) is 0 Å². The Hall–Kier alpha value is -0.160. The lowest BCUT2D eigenvalue weighted by Crippen LogP contribution is -2.60. The molecule has 2 rings (SSSR count). The first-order valence-corrected chi connectivity index (χ1v) is 7.45. The van der Waals surface area contributed by atoms with E-state index in [9.17, 15) is 0 Å². The number of hydrogen-bond donors (Lipinski definition) is 1. The minimum Gasteiger partial charge on any atom is -0.383 e. The van der Waals surface area contributed by atoms with Crippen LogP contribution in [0, 0.1) is 0 Å². The zero-order chi connectivity index (χ0) is 13.0. The number of hydrogen-bond acceptors (Lipinski definition) is 4. The van der Waals surface area contributed by atoms with Crippen LogP contribution in [0.4, 0.5) is 0 Å². The molecule has 2 aliphatic heterocycles. The molecule has 0 saturated carbocycles. The average molecular weight is 255 g/mol. The monoisotopic (exact) mass is 255 g/mol. The van der Waals surface area contributed by atoms with E-state index in [2.05, 4.69) is 29.0 Å². The summed E-state index contributed by atoms with van der Waals surface area (Å²) in [5.74, 6) is 0. The van der Waals surface area contributed by atoms with E-state index < -0.39 is 0 Å². The van der Waals surface area contributed by atoms with Crippen molar-refractivity contribution in [1.82, 2.24) is 15.1 Å². The number of rotatable bonds is 6. The summed E-state index contributed by atoms with van der Waals surface area (Å²) in [7, 11) is 1.81. The second kappa shape index (κ2) is 6.85. The maximum absolute atomic E-state index is 5.42. The summed E-state index contributed by atoms with van der Waals surface area (Å²) in [5.41, 5.74) is 0. The van der Waals surface area contributed by atoms with Crippen LogP contribution in [-0.4, -0.2) is 74.4 Å². The molecule has 0 aromatic rings. The highest BCUT2D eigenvalue weighted by molar-refractivity contribution is 4.93. The van der Waals surface area contributed by atoms with Crippen LogP contribution in [0.3, 0.4) is 0 Å². The van der Waals surface area contributed by atoms with Crippen molar-refractivity contribution in [1.29, 1.82) is 0 Å². The van der Waals surface area contributed by atoms with Crippen LogP contribution in [0.5, 0.6) is 0 Å². The predicted octanol–water partition coefficient (Wildman–Crippen LogP) is 0.779. The summed E-state index contributed by atoms with van der Waals surface area (Å²) in [5, 5.41) is 3.48. The molecule has 2 heterocycles. The van der Waals surface area contributed by atoms with Crippen molar-refractivity contribution in [3.8, 4) is 0 Å². The van der Waals surface area contributed by atoms with Crippen molar-refractivity contribution in [2.24, 2.45) is 0 Å². The van der Waals surface area contributed by atoms with E-state index in [1.54, 1.807) is 0 Å². The van der Waals surface area contributed by atoms with Gasteiger partial charge in [0.15, 0.2) is 0 Å². The van der Waals surface area contributed by atoms with E-state index >= 15 is 0 Å². The van der Waals surface area contributed by atoms with Gasteiger partial charge in [0.05, 0.1) is 6.61 Å². The van der Waals surface area contributed by atoms with Gasteiger partial charge in [0.25, 0.3) is 0 Å². The Labute approximate surface area is 112 Å². The smallest absolute Gasteiger partial charge is 0.0630 e. The lowest BCUT2D eigenvalue weighted by Gasteiger charge is -2.46. The van der Waals surface area contributed by atoms with Crippen LogP contribution in [0.2, 0.25) is 0 Å². The van der Waals surface area contributed by atoms with Gasteiger partial charge in [0.1, 0.15) is 0 Å². The van der Waals surface area contributed by atoms with Gasteiger partial charge in [0, 0.05) is 44.9 Å². The molecule has 2 fully saturated rings. The van der Waals surface area contributed by atoms with Crippen LogP contribution >= 0.6 is 0 Å². The van der Waals surface area contributed by atoms with E-state index in [1.165, 1.54) is 32.5 Å². The molecule has 0 aromatic carbocycles. The molecule has 18 heavy (non-hydrogen) atoms. The minimum absolute atomic E-state index is 0.521. The maximum atomic E-state index is 5.42. The first-order valence-electron chi connectivity index (χ1n) is 7.45. The summed E-state index contributed by atoms with van der Waals surface area (Å²) in [6.45, 7) is 11.2. The second-order valence-corrected chi connectivity index (χ2v) is 5.75. The average Bonchev–Trinajstić information content (AvgIpc) is 2.80. The van der Waals surface area contributed by atoms with Crippen molar-refractivity contribution in [2.75, 3.05) is 46.4 Å².